The summed E-state index contributed by atoms with van der Waals surface area (Å²) in [5.74, 6) is -1.60. The Balaban J connectivity index is 2.59. The molecule has 0 heterocycles. The fourth-order valence-electron chi connectivity index (χ4n) is 1.66. The number of nitro groups is 1. The fourth-order valence-corrected chi connectivity index (χ4v) is 1.66. The molecule has 1 rings (SSSR count). The number of amides is 1. The van der Waals surface area contributed by atoms with Crippen molar-refractivity contribution in [1.29, 1.82) is 0 Å². The number of nitrogens with zero attached hydrogens (tertiary/aromatic N) is 1. The average molecular weight is 296 g/mol. The SMILES string of the molecule is COCCC(NC(=O)Cc1ccc([N+](=O)[O-])cc1)C(=O)O. The van der Waals surface area contributed by atoms with E-state index in [0.717, 1.165) is 0 Å². The smallest absolute Gasteiger partial charge is 0.326 e. The van der Waals surface area contributed by atoms with Crippen LogP contribution < -0.4 is 5.32 Å². The molecule has 0 saturated heterocycles. The Labute approximate surface area is 120 Å². The maximum absolute atomic E-state index is 11.8. The number of non-ortho nitro benzene ring substituents is 1. The summed E-state index contributed by atoms with van der Waals surface area (Å²) in [6.07, 6.45) is 0.118. The molecule has 2 N–H and O–H groups in total. The molecular weight excluding hydrogens is 280 g/mol. The fraction of sp³-hybridized carbons (Fsp3) is 0.385. The van der Waals surface area contributed by atoms with Crippen molar-refractivity contribution in [2.75, 3.05) is 13.7 Å². The summed E-state index contributed by atoms with van der Waals surface area (Å²) in [6.45, 7) is 0.217. The first-order valence-corrected chi connectivity index (χ1v) is 6.18. The third-order valence-electron chi connectivity index (χ3n) is 2.76. The molecular formula is C13H16N2O6. The van der Waals surface area contributed by atoms with Crippen molar-refractivity contribution in [3.8, 4) is 0 Å². The molecule has 0 aliphatic carbocycles. The van der Waals surface area contributed by atoms with Gasteiger partial charge in [0, 0.05) is 32.3 Å². The van der Waals surface area contributed by atoms with Gasteiger partial charge in [0.05, 0.1) is 11.3 Å². The number of nitrogens with one attached hydrogen (secondary N) is 1. The molecule has 1 amide bonds. The lowest BCUT2D eigenvalue weighted by atomic mass is 10.1. The zero-order valence-corrected chi connectivity index (χ0v) is 11.4. The van der Waals surface area contributed by atoms with Gasteiger partial charge in [-0.25, -0.2) is 4.79 Å². The lowest BCUT2D eigenvalue weighted by Gasteiger charge is -2.13. The van der Waals surface area contributed by atoms with Crippen molar-refractivity contribution in [3.63, 3.8) is 0 Å². The van der Waals surface area contributed by atoms with Crippen LogP contribution in [0.15, 0.2) is 24.3 Å². The molecule has 1 atom stereocenters. The van der Waals surface area contributed by atoms with Gasteiger partial charge in [-0.15, -0.1) is 0 Å². The number of methoxy groups -OCH3 is 1. The molecule has 1 aromatic rings. The van der Waals surface area contributed by atoms with Crippen LogP contribution in [0.4, 0.5) is 5.69 Å². The first-order valence-electron chi connectivity index (χ1n) is 6.18. The van der Waals surface area contributed by atoms with Gasteiger partial charge in [-0.1, -0.05) is 12.1 Å². The van der Waals surface area contributed by atoms with Crippen LogP contribution >= 0.6 is 0 Å². The predicted octanol–water partition coefficient (Wildman–Crippen LogP) is 0.743. The van der Waals surface area contributed by atoms with Crippen LogP contribution in [-0.2, 0) is 20.7 Å². The topological polar surface area (TPSA) is 119 Å². The van der Waals surface area contributed by atoms with E-state index in [0.29, 0.717) is 5.56 Å². The van der Waals surface area contributed by atoms with Crippen molar-refractivity contribution >= 4 is 17.6 Å². The Morgan fingerprint density at radius 2 is 2.00 bits per heavy atom. The number of hydrogen-bond acceptors (Lipinski definition) is 5. The summed E-state index contributed by atoms with van der Waals surface area (Å²) < 4.78 is 4.78. The minimum atomic E-state index is -1.14. The summed E-state index contributed by atoms with van der Waals surface area (Å²) in [6, 6.07) is 4.49. The van der Waals surface area contributed by atoms with Crippen LogP contribution in [0.1, 0.15) is 12.0 Å². The highest BCUT2D eigenvalue weighted by atomic mass is 16.6. The number of ether oxygens (including phenoxy) is 1. The molecule has 1 aromatic carbocycles. The van der Waals surface area contributed by atoms with Gasteiger partial charge in [0.1, 0.15) is 6.04 Å². The number of rotatable bonds is 8. The Morgan fingerprint density at radius 3 is 2.48 bits per heavy atom. The molecule has 8 heteroatoms. The summed E-state index contributed by atoms with van der Waals surface area (Å²) >= 11 is 0. The average Bonchev–Trinajstić information content (AvgIpc) is 2.43. The summed E-state index contributed by atoms with van der Waals surface area (Å²) in [7, 11) is 1.44. The van der Waals surface area contributed by atoms with Crippen molar-refractivity contribution in [2.24, 2.45) is 0 Å². The van der Waals surface area contributed by atoms with Crippen LogP contribution in [0.2, 0.25) is 0 Å². The minimum Gasteiger partial charge on any atom is -0.480 e. The van der Waals surface area contributed by atoms with Gasteiger partial charge in [0.25, 0.3) is 5.69 Å². The first-order chi connectivity index (χ1) is 9.93. The largest absolute Gasteiger partial charge is 0.480 e. The second-order valence-electron chi connectivity index (χ2n) is 4.34. The maximum Gasteiger partial charge on any atom is 0.326 e. The molecule has 21 heavy (non-hydrogen) atoms. The van der Waals surface area contributed by atoms with Crippen LogP contribution in [0.5, 0.6) is 0 Å². The molecule has 0 aromatic heterocycles. The van der Waals surface area contributed by atoms with Gasteiger partial charge in [-0.3, -0.25) is 14.9 Å². The molecule has 8 nitrogen and oxygen atoms in total. The summed E-state index contributed by atoms with van der Waals surface area (Å²) in [5.41, 5.74) is 0.497. The molecule has 0 fully saturated rings. The van der Waals surface area contributed by atoms with Crippen LogP contribution in [0, 0.1) is 10.1 Å². The highest BCUT2D eigenvalue weighted by Crippen LogP contribution is 2.12. The van der Waals surface area contributed by atoms with Crippen molar-refractivity contribution < 1.29 is 24.4 Å². The van der Waals surface area contributed by atoms with Gasteiger partial charge < -0.3 is 15.2 Å². The summed E-state index contributed by atoms with van der Waals surface area (Å²) in [5, 5.41) is 21.9. The number of nitro benzene ring substituents is 1. The highest BCUT2D eigenvalue weighted by Gasteiger charge is 2.19. The molecule has 1 unspecified atom stereocenters. The van der Waals surface area contributed by atoms with Crippen LogP contribution in [0.25, 0.3) is 0 Å². The zero-order chi connectivity index (χ0) is 15.8. The Kier molecular flexibility index (Phi) is 6.28. The van der Waals surface area contributed by atoms with E-state index in [2.05, 4.69) is 5.32 Å². The van der Waals surface area contributed by atoms with Gasteiger partial charge in [-0.2, -0.15) is 0 Å². The van der Waals surface area contributed by atoms with E-state index < -0.39 is 22.8 Å². The van der Waals surface area contributed by atoms with Crippen molar-refractivity contribution in [1.82, 2.24) is 5.32 Å². The first kappa shape index (κ1) is 16.6. The third kappa shape index (κ3) is 5.57. The Bertz CT molecular complexity index is 514. The third-order valence-corrected chi connectivity index (χ3v) is 2.76. The van der Waals surface area contributed by atoms with Crippen LogP contribution in [0.3, 0.4) is 0 Å². The molecule has 0 aliphatic heterocycles. The maximum atomic E-state index is 11.8. The molecule has 0 bridgehead atoms. The quantitative estimate of drug-likeness (QED) is 0.539. The van der Waals surface area contributed by atoms with Crippen molar-refractivity contribution in [2.45, 2.75) is 18.9 Å². The number of carbonyl (C=O) groups is 2. The van der Waals surface area contributed by atoms with E-state index in [-0.39, 0.29) is 25.1 Å². The van der Waals surface area contributed by atoms with Gasteiger partial charge in [0.2, 0.25) is 5.91 Å². The lowest BCUT2D eigenvalue weighted by molar-refractivity contribution is -0.384. The predicted molar refractivity (Wildman–Crippen MR) is 72.9 cm³/mol. The zero-order valence-electron chi connectivity index (χ0n) is 11.4. The van der Waals surface area contributed by atoms with Gasteiger partial charge in [-0.05, 0) is 5.56 Å². The van der Waals surface area contributed by atoms with E-state index in [4.69, 9.17) is 9.84 Å². The van der Waals surface area contributed by atoms with Crippen molar-refractivity contribution in [3.05, 3.63) is 39.9 Å². The summed E-state index contributed by atoms with van der Waals surface area (Å²) in [4.78, 5) is 32.7. The standard InChI is InChI=1S/C13H16N2O6/c1-21-7-6-11(13(17)18)14-12(16)8-9-2-4-10(5-3-9)15(19)20/h2-5,11H,6-8H2,1H3,(H,14,16)(H,17,18). The molecule has 0 spiro atoms. The van der Waals surface area contributed by atoms with Gasteiger partial charge >= 0.3 is 5.97 Å². The highest BCUT2D eigenvalue weighted by molar-refractivity contribution is 5.84. The van der Waals surface area contributed by atoms with Gasteiger partial charge in [0.15, 0.2) is 0 Å². The Morgan fingerprint density at radius 1 is 1.38 bits per heavy atom. The number of benzene rings is 1. The molecule has 114 valence electrons. The molecule has 0 radical (unpaired) electrons. The van der Waals surface area contributed by atoms with E-state index in [1.165, 1.54) is 31.4 Å². The Hall–Kier alpha value is -2.48. The van der Waals surface area contributed by atoms with E-state index in [1.54, 1.807) is 0 Å². The van der Waals surface area contributed by atoms with E-state index in [9.17, 15) is 19.7 Å². The number of carboxylic acids is 1. The van der Waals surface area contributed by atoms with E-state index >= 15 is 0 Å². The monoisotopic (exact) mass is 296 g/mol. The second-order valence-corrected chi connectivity index (χ2v) is 4.34. The van der Waals surface area contributed by atoms with E-state index in [1.807, 2.05) is 0 Å². The molecule has 0 saturated carbocycles. The number of carboxylic acid groups (broad SMARTS) is 1. The number of hydrogen-bond donors (Lipinski definition) is 2. The number of aliphatic carboxylic acids is 1. The number of carbonyl (C=O) groups excluding carboxylic acids is 1. The lowest BCUT2D eigenvalue weighted by Crippen LogP contribution is -2.42. The minimum absolute atomic E-state index is 0.0469. The van der Waals surface area contributed by atoms with Crippen LogP contribution in [-0.4, -0.2) is 41.7 Å². The second kappa shape index (κ2) is 7.95. The molecule has 0 aliphatic rings. The normalized spacial score (nSPS) is 11.7.